The minimum Gasteiger partial charge on any atom is -0.428 e. The van der Waals surface area contributed by atoms with Crippen LogP contribution in [0.25, 0.3) is 0 Å². The normalized spacial score (nSPS) is 11.3. The second-order valence-corrected chi connectivity index (χ2v) is 4.73. The molecule has 0 aliphatic rings. The van der Waals surface area contributed by atoms with Crippen molar-refractivity contribution in [1.29, 1.82) is 0 Å². The van der Waals surface area contributed by atoms with Crippen molar-refractivity contribution in [1.82, 2.24) is 5.32 Å². The summed E-state index contributed by atoms with van der Waals surface area (Å²) in [6.45, 7) is 3.75. The molecule has 0 heterocycles. The molecular weight excluding hydrogens is 274 g/mol. The molecule has 0 radical (unpaired) electrons. The molecule has 0 aliphatic heterocycles. The molecular formula is C11H17NO6S. The smallest absolute Gasteiger partial charge is 0.410 e. The average Bonchev–Trinajstić information content (AvgIpc) is 2.33. The van der Waals surface area contributed by atoms with Gasteiger partial charge in [0.1, 0.15) is 6.04 Å². The molecule has 0 aliphatic carbocycles. The van der Waals surface area contributed by atoms with Gasteiger partial charge in [-0.3, -0.25) is 14.4 Å². The molecule has 0 saturated carbocycles. The monoisotopic (exact) mass is 291 g/mol. The molecule has 1 amide bonds. The van der Waals surface area contributed by atoms with E-state index in [9.17, 15) is 19.2 Å². The van der Waals surface area contributed by atoms with Crippen LogP contribution in [0.4, 0.5) is 4.79 Å². The van der Waals surface area contributed by atoms with Crippen molar-refractivity contribution in [3.05, 3.63) is 0 Å². The zero-order chi connectivity index (χ0) is 14.8. The Bertz CT molecular complexity index is 357. The van der Waals surface area contributed by atoms with Gasteiger partial charge in [0.2, 0.25) is 6.79 Å². The molecule has 7 nitrogen and oxygen atoms in total. The van der Waals surface area contributed by atoms with Gasteiger partial charge >= 0.3 is 12.1 Å². The summed E-state index contributed by atoms with van der Waals surface area (Å²) in [7, 11) is 0. The SMILES string of the molecule is CCC(=O)OCOC(=O)N[C@@H](CSC(C)=O)C(C)=O. The van der Waals surface area contributed by atoms with E-state index in [-0.39, 0.29) is 23.1 Å². The number of Topliss-reactive ketones (excluding diaryl/α,β-unsaturated/α-hetero) is 1. The minimum atomic E-state index is -0.881. The Labute approximate surface area is 115 Å². The maximum atomic E-state index is 11.3. The fourth-order valence-corrected chi connectivity index (χ4v) is 1.62. The van der Waals surface area contributed by atoms with Gasteiger partial charge in [0.25, 0.3) is 0 Å². The van der Waals surface area contributed by atoms with Gasteiger partial charge in [-0.05, 0) is 6.92 Å². The lowest BCUT2D eigenvalue weighted by atomic mass is 10.2. The molecule has 108 valence electrons. The van der Waals surface area contributed by atoms with Gasteiger partial charge < -0.3 is 14.8 Å². The van der Waals surface area contributed by atoms with Crippen LogP contribution in [0.5, 0.6) is 0 Å². The number of amides is 1. The Balaban J connectivity index is 4.06. The summed E-state index contributed by atoms with van der Waals surface area (Å²) in [5.74, 6) is -0.659. The van der Waals surface area contributed by atoms with Crippen LogP contribution in [-0.4, -0.2) is 41.5 Å². The lowest BCUT2D eigenvalue weighted by Gasteiger charge is -2.14. The summed E-state index contributed by atoms with van der Waals surface area (Å²) in [6, 6.07) is -0.816. The maximum absolute atomic E-state index is 11.3. The summed E-state index contributed by atoms with van der Waals surface area (Å²) in [5, 5.41) is 2.13. The van der Waals surface area contributed by atoms with Gasteiger partial charge in [-0.1, -0.05) is 18.7 Å². The highest BCUT2D eigenvalue weighted by Gasteiger charge is 2.18. The van der Waals surface area contributed by atoms with E-state index < -0.39 is 24.9 Å². The van der Waals surface area contributed by atoms with Crippen LogP contribution in [0.15, 0.2) is 0 Å². The predicted octanol–water partition coefficient (Wildman–Crippen LogP) is 0.861. The second-order valence-electron chi connectivity index (χ2n) is 3.53. The summed E-state index contributed by atoms with van der Waals surface area (Å²) in [6.07, 6.45) is -0.704. The van der Waals surface area contributed by atoms with Gasteiger partial charge in [-0.25, -0.2) is 4.79 Å². The number of thioether (sulfide) groups is 1. The van der Waals surface area contributed by atoms with E-state index in [0.29, 0.717) is 0 Å². The minimum absolute atomic E-state index is 0.133. The fourth-order valence-electron chi connectivity index (χ4n) is 0.896. The van der Waals surface area contributed by atoms with Crippen molar-refractivity contribution in [3.8, 4) is 0 Å². The first-order chi connectivity index (χ1) is 8.86. The van der Waals surface area contributed by atoms with Crippen molar-refractivity contribution in [2.24, 2.45) is 0 Å². The van der Waals surface area contributed by atoms with Crippen molar-refractivity contribution >= 4 is 34.7 Å². The summed E-state index contributed by atoms with van der Waals surface area (Å²) in [5.41, 5.74) is 0. The van der Waals surface area contributed by atoms with Gasteiger partial charge in [0, 0.05) is 19.1 Å². The number of carbonyl (C=O) groups excluding carboxylic acids is 4. The van der Waals surface area contributed by atoms with E-state index in [4.69, 9.17) is 0 Å². The quantitative estimate of drug-likeness (QED) is 0.548. The molecule has 0 aromatic rings. The highest BCUT2D eigenvalue weighted by atomic mass is 32.2. The molecule has 1 atom stereocenters. The third-order valence-corrected chi connectivity index (χ3v) is 2.84. The Hall–Kier alpha value is -1.57. The van der Waals surface area contributed by atoms with Crippen LogP contribution in [0.3, 0.4) is 0 Å². The van der Waals surface area contributed by atoms with E-state index in [0.717, 1.165) is 11.8 Å². The number of carbonyl (C=O) groups is 4. The zero-order valence-corrected chi connectivity index (χ0v) is 11.9. The lowest BCUT2D eigenvalue weighted by Crippen LogP contribution is -2.42. The van der Waals surface area contributed by atoms with Crippen molar-refractivity contribution in [2.75, 3.05) is 12.5 Å². The van der Waals surface area contributed by atoms with Crippen LogP contribution < -0.4 is 5.32 Å². The first kappa shape index (κ1) is 17.4. The van der Waals surface area contributed by atoms with Crippen LogP contribution in [0.1, 0.15) is 27.2 Å². The lowest BCUT2D eigenvalue weighted by molar-refractivity contribution is -0.151. The fraction of sp³-hybridized carbons (Fsp3) is 0.636. The predicted molar refractivity (Wildman–Crippen MR) is 68.5 cm³/mol. The number of esters is 1. The highest BCUT2D eigenvalue weighted by Crippen LogP contribution is 2.05. The molecule has 0 aromatic carbocycles. The Kier molecular flexibility index (Phi) is 8.60. The number of hydrogen-bond donors (Lipinski definition) is 1. The van der Waals surface area contributed by atoms with E-state index in [1.807, 2.05) is 0 Å². The molecule has 19 heavy (non-hydrogen) atoms. The molecule has 0 fully saturated rings. The largest absolute Gasteiger partial charge is 0.428 e. The topological polar surface area (TPSA) is 98.8 Å². The van der Waals surface area contributed by atoms with Crippen LogP contribution in [0.2, 0.25) is 0 Å². The molecule has 0 rings (SSSR count). The van der Waals surface area contributed by atoms with Gasteiger partial charge in [0.05, 0.1) is 0 Å². The van der Waals surface area contributed by atoms with E-state index in [2.05, 4.69) is 14.8 Å². The number of ether oxygens (including phenoxy) is 2. The third kappa shape index (κ3) is 9.06. The molecule has 0 spiro atoms. The standard InChI is InChI=1S/C11H17NO6S/c1-4-10(15)17-6-18-11(16)12-9(7(2)13)5-19-8(3)14/h9H,4-6H2,1-3H3,(H,12,16)/t9-/m0/s1. The van der Waals surface area contributed by atoms with Crippen molar-refractivity contribution in [2.45, 2.75) is 33.2 Å². The summed E-state index contributed by atoms with van der Waals surface area (Å²) >= 11 is 0.927. The van der Waals surface area contributed by atoms with E-state index in [1.54, 1.807) is 6.92 Å². The molecule has 0 bridgehead atoms. The van der Waals surface area contributed by atoms with Gasteiger partial charge in [-0.2, -0.15) is 0 Å². The zero-order valence-electron chi connectivity index (χ0n) is 11.1. The van der Waals surface area contributed by atoms with Gasteiger partial charge in [-0.15, -0.1) is 0 Å². The Morgan fingerprint density at radius 2 is 1.79 bits per heavy atom. The van der Waals surface area contributed by atoms with Crippen molar-refractivity contribution < 1.29 is 28.7 Å². The number of ketones is 1. The first-order valence-electron chi connectivity index (χ1n) is 5.59. The van der Waals surface area contributed by atoms with Crippen LogP contribution >= 0.6 is 11.8 Å². The maximum Gasteiger partial charge on any atom is 0.410 e. The number of hydrogen-bond acceptors (Lipinski definition) is 7. The van der Waals surface area contributed by atoms with E-state index >= 15 is 0 Å². The van der Waals surface area contributed by atoms with Gasteiger partial charge in [0.15, 0.2) is 10.9 Å². The summed E-state index contributed by atoms with van der Waals surface area (Å²) < 4.78 is 9.10. The van der Waals surface area contributed by atoms with Crippen LogP contribution in [0, 0.1) is 0 Å². The van der Waals surface area contributed by atoms with Crippen molar-refractivity contribution in [3.63, 3.8) is 0 Å². The molecule has 8 heteroatoms. The van der Waals surface area contributed by atoms with Crippen LogP contribution in [-0.2, 0) is 23.9 Å². The average molecular weight is 291 g/mol. The Morgan fingerprint density at radius 1 is 1.16 bits per heavy atom. The van der Waals surface area contributed by atoms with E-state index in [1.165, 1.54) is 13.8 Å². The second kappa shape index (κ2) is 9.37. The Morgan fingerprint density at radius 3 is 2.26 bits per heavy atom. The molecule has 1 N–H and O–H groups in total. The highest BCUT2D eigenvalue weighted by molar-refractivity contribution is 8.13. The summed E-state index contributed by atoms with van der Waals surface area (Å²) in [4.78, 5) is 44.1. The number of rotatable bonds is 7. The number of nitrogens with one attached hydrogen (secondary N) is 1. The molecule has 0 aromatic heterocycles. The third-order valence-electron chi connectivity index (χ3n) is 1.93. The number of alkyl carbamates (subject to hydrolysis) is 1. The first-order valence-corrected chi connectivity index (χ1v) is 6.58. The molecule has 0 saturated heterocycles. The molecule has 0 unspecified atom stereocenters.